The molecule has 158 valence electrons. The van der Waals surface area contributed by atoms with E-state index < -0.39 is 0 Å². The SMILES string of the molecule is C=Cc1ccc(-c2c(-c3ccc(C)cc3)ccccccc(C=C)c2C=C)cc1/C=C\C. The summed E-state index contributed by atoms with van der Waals surface area (Å²) in [5.41, 5.74) is 10.1. The average molecular weight is 415 g/mol. The summed E-state index contributed by atoms with van der Waals surface area (Å²) in [4.78, 5) is 0. The van der Waals surface area contributed by atoms with Gasteiger partial charge in [0.05, 0.1) is 0 Å². The lowest BCUT2D eigenvalue weighted by Gasteiger charge is -2.15. The molecule has 3 rings (SSSR count). The van der Waals surface area contributed by atoms with Crippen LogP contribution in [0.2, 0.25) is 0 Å². The minimum atomic E-state index is 1.03. The molecule has 0 radical (unpaired) electrons. The van der Waals surface area contributed by atoms with Gasteiger partial charge in [-0.1, -0.05) is 128 Å². The Morgan fingerprint density at radius 3 is 1.91 bits per heavy atom. The maximum atomic E-state index is 4.17. The zero-order valence-corrected chi connectivity index (χ0v) is 19.0. The van der Waals surface area contributed by atoms with Crippen LogP contribution in [-0.4, -0.2) is 0 Å². The first kappa shape index (κ1) is 22.8. The summed E-state index contributed by atoms with van der Waals surface area (Å²) in [6, 6.07) is 27.6. The van der Waals surface area contributed by atoms with Gasteiger partial charge in [0.1, 0.15) is 0 Å². The highest BCUT2D eigenvalue weighted by atomic mass is 14.2. The van der Waals surface area contributed by atoms with Gasteiger partial charge in [-0.3, -0.25) is 0 Å². The van der Waals surface area contributed by atoms with Gasteiger partial charge in [0.15, 0.2) is 0 Å². The van der Waals surface area contributed by atoms with Crippen LogP contribution in [0.15, 0.2) is 105 Å². The zero-order valence-electron chi connectivity index (χ0n) is 19.0. The molecule has 0 nitrogen and oxygen atoms in total. The Kier molecular flexibility index (Phi) is 7.78. The van der Waals surface area contributed by atoms with E-state index in [9.17, 15) is 0 Å². The van der Waals surface area contributed by atoms with Crippen molar-refractivity contribution < 1.29 is 0 Å². The van der Waals surface area contributed by atoms with E-state index in [2.05, 4.69) is 99.5 Å². The number of hydrogen-bond acceptors (Lipinski definition) is 0. The van der Waals surface area contributed by atoms with Crippen LogP contribution in [0, 0.1) is 6.92 Å². The van der Waals surface area contributed by atoms with Crippen LogP contribution in [-0.2, 0) is 0 Å². The largest absolute Gasteiger partial charge is 0.0984 e. The van der Waals surface area contributed by atoms with Crippen LogP contribution >= 0.6 is 0 Å². The van der Waals surface area contributed by atoms with Gasteiger partial charge in [-0.15, -0.1) is 0 Å². The third-order valence-electron chi connectivity index (χ3n) is 5.45. The third-order valence-corrected chi connectivity index (χ3v) is 5.45. The summed E-state index contributed by atoms with van der Waals surface area (Å²) in [6.07, 6.45) is 9.90. The molecule has 0 N–H and O–H groups in total. The van der Waals surface area contributed by atoms with Gasteiger partial charge >= 0.3 is 0 Å². The molecule has 0 heterocycles. The van der Waals surface area contributed by atoms with Gasteiger partial charge in [-0.2, -0.15) is 0 Å². The Morgan fingerprint density at radius 2 is 1.28 bits per heavy atom. The second-order valence-corrected chi connectivity index (χ2v) is 7.58. The van der Waals surface area contributed by atoms with E-state index in [0.717, 1.165) is 44.5 Å². The monoisotopic (exact) mass is 414 g/mol. The molecule has 0 spiro atoms. The van der Waals surface area contributed by atoms with Crippen LogP contribution in [0.4, 0.5) is 0 Å². The number of rotatable bonds is 6. The predicted molar refractivity (Wildman–Crippen MR) is 145 cm³/mol. The van der Waals surface area contributed by atoms with Gasteiger partial charge in [0.2, 0.25) is 0 Å². The first-order valence-electron chi connectivity index (χ1n) is 10.8. The normalized spacial score (nSPS) is 10.4. The summed E-state index contributed by atoms with van der Waals surface area (Å²) in [5, 5.41) is 0. The minimum Gasteiger partial charge on any atom is -0.0984 e. The summed E-state index contributed by atoms with van der Waals surface area (Å²) in [6.45, 7) is 16.4. The Balaban J connectivity index is 2.54. The molecule has 0 heteroatoms. The number of benzene rings is 2. The molecule has 0 saturated heterocycles. The molecule has 0 saturated carbocycles. The van der Waals surface area contributed by atoms with E-state index in [1.807, 2.05) is 43.4 Å². The van der Waals surface area contributed by atoms with Crippen molar-refractivity contribution in [2.45, 2.75) is 13.8 Å². The van der Waals surface area contributed by atoms with Crippen molar-refractivity contribution in [1.82, 2.24) is 0 Å². The van der Waals surface area contributed by atoms with Crippen LogP contribution < -0.4 is 0 Å². The maximum absolute atomic E-state index is 4.17. The average Bonchev–Trinajstić information content (AvgIpc) is 2.82. The van der Waals surface area contributed by atoms with E-state index in [1.165, 1.54) is 5.56 Å². The summed E-state index contributed by atoms with van der Waals surface area (Å²) in [5.74, 6) is 0. The smallest absolute Gasteiger partial charge is 0.00268 e. The molecule has 3 aromatic carbocycles. The van der Waals surface area contributed by atoms with Gasteiger partial charge in [-0.05, 0) is 64.4 Å². The molecule has 0 amide bonds. The van der Waals surface area contributed by atoms with Crippen LogP contribution in [0.5, 0.6) is 0 Å². The predicted octanol–water partition coefficient (Wildman–Crippen LogP) is 9.42. The van der Waals surface area contributed by atoms with Crippen LogP contribution in [0.3, 0.4) is 0 Å². The van der Waals surface area contributed by atoms with Crippen molar-refractivity contribution in [3.8, 4) is 22.3 Å². The molecular weight excluding hydrogens is 384 g/mol. The van der Waals surface area contributed by atoms with E-state index in [0.29, 0.717) is 0 Å². The quantitative estimate of drug-likeness (QED) is 0.377. The lowest BCUT2D eigenvalue weighted by atomic mass is 9.88. The summed E-state index contributed by atoms with van der Waals surface area (Å²) >= 11 is 0. The van der Waals surface area contributed by atoms with E-state index in [1.54, 1.807) is 0 Å². The zero-order chi connectivity index (χ0) is 22.9. The maximum Gasteiger partial charge on any atom is -0.00268 e. The highest BCUT2D eigenvalue weighted by molar-refractivity contribution is 5.91. The van der Waals surface area contributed by atoms with Gasteiger partial charge < -0.3 is 0 Å². The minimum absolute atomic E-state index is 1.03. The Labute approximate surface area is 192 Å². The van der Waals surface area contributed by atoms with Crippen LogP contribution in [0.1, 0.15) is 34.7 Å². The molecule has 0 unspecified atom stereocenters. The highest BCUT2D eigenvalue weighted by Gasteiger charge is 2.13. The summed E-state index contributed by atoms with van der Waals surface area (Å²) in [7, 11) is 0. The van der Waals surface area contributed by atoms with Crippen molar-refractivity contribution in [3.63, 3.8) is 0 Å². The lowest BCUT2D eigenvalue weighted by molar-refractivity contribution is 1.47. The molecular formula is C32H30. The highest BCUT2D eigenvalue weighted by Crippen LogP contribution is 2.37. The van der Waals surface area contributed by atoms with Crippen molar-refractivity contribution in [2.24, 2.45) is 0 Å². The third kappa shape index (κ3) is 5.04. The molecule has 0 atom stereocenters. The Bertz CT molecular complexity index is 1220. The standard InChI is InChI=1S/C32H30/c1-6-14-28-23-29(22-21-25(28)7-2)32-30(9-4)26(8-3)15-12-10-11-13-16-31(32)27-19-17-24(5)18-20-27/h6-23H,2-4H2,1,5H3/b11-10?,12-10?,13-11?,14-6-,15-12?,16-13?,26-15?,30-26?,31-16?,32-30?,32-31?. The second-order valence-electron chi connectivity index (χ2n) is 7.58. The van der Waals surface area contributed by atoms with Crippen LogP contribution in [0.25, 0.3) is 46.6 Å². The van der Waals surface area contributed by atoms with Gasteiger partial charge in [-0.25, -0.2) is 0 Å². The molecule has 32 heavy (non-hydrogen) atoms. The molecule has 3 aromatic rings. The van der Waals surface area contributed by atoms with Crippen molar-refractivity contribution in [2.75, 3.05) is 0 Å². The molecule has 0 fully saturated rings. The van der Waals surface area contributed by atoms with Gasteiger partial charge in [0.25, 0.3) is 0 Å². The number of allylic oxidation sites excluding steroid dienone is 1. The van der Waals surface area contributed by atoms with Crippen molar-refractivity contribution >= 4 is 24.3 Å². The number of aryl methyl sites for hydroxylation is 1. The Hall–Kier alpha value is -3.90. The first-order valence-corrected chi connectivity index (χ1v) is 10.8. The van der Waals surface area contributed by atoms with E-state index >= 15 is 0 Å². The topological polar surface area (TPSA) is 0 Å². The fourth-order valence-electron chi connectivity index (χ4n) is 3.82. The summed E-state index contributed by atoms with van der Waals surface area (Å²) < 4.78 is 0. The van der Waals surface area contributed by atoms with E-state index in [-0.39, 0.29) is 0 Å². The van der Waals surface area contributed by atoms with Crippen molar-refractivity contribution in [1.29, 1.82) is 0 Å². The molecule has 0 aliphatic rings. The fourth-order valence-corrected chi connectivity index (χ4v) is 3.82. The molecule has 0 aliphatic heterocycles. The number of hydrogen-bond donors (Lipinski definition) is 0. The second kappa shape index (κ2) is 10.9. The molecule has 0 aromatic heterocycles. The molecule has 0 bridgehead atoms. The van der Waals surface area contributed by atoms with Gasteiger partial charge in [0, 0.05) is 0 Å². The van der Waals surface area contributed by atoms with E-state index in [4.69, 9.17) is 0 Å². The fraction of sp³-hybridized carbons (Fsp3) is 0.0625. The first-order chi connectivity index (χ1) is 15.6. The van der Waals surface area contributed by atoms with Crippen molar-refractivity contribution in [3.05, 3.63) is 132 Å². The lowest BCUT2D eigenvalue weighted by Crippen LogP contribution is -1.92. The Morgan fingerprint density at radius 1 is 0.625 bits per heavy atom. The molecule has 0 aliphatic carbocycles.